The van der Waals surface area contributed by atoms with Crippen LogP contribution in [-0.4, -0.2) is 48.1 Å². The van der Waals surface area contributed by atoms with E-state index in [9.17, 15) is 0 Å². The van der Waals surface area contributed by atoms with Gasteiger partial charge in [-0.3, -0.25) is 0 Å². The Morgan fingerprint density at radius 2 is 1.72 bits per heavy atom. The van der Waals surface area contributed by atoms with Gasteiger partial charge in [0.25, 0.3) is 0 Å². The number of nitrogens with zero attached hydrogens (tertiary/aromatic N) is 3. The van der Waals surface area contributed by atoms with E-state index in [-0.39, 0.29) is 0 Å². The van der Waals surface area contributed by atoms with Crippen molar-refractivity contribution >= 4 is 11.6 Å². The van der Waals surface area contributed by atoms with Crippen LogP contribution in [0, 0.1) is 6.92 Å². The Morgan fingerprint density at radius 3 is 2.28 bits per heavy atom. The fourth-order valence-corrected chi connectivity index (χ4v) is 1.57. The van der Waals surface area contributed by atoms with Gasteiger partial charge in [0.05, 0.1) is 0 Å². The summed E-state index contributed by atoms with van der Waals surface area (Å²) in [6.45, 7) is 10.3. The summed E-state index contributed by atoms with van der Waals surface area (Å²) >= 11 is 0. The Labute approximate surface area is 110 Å². The molecule has 0 unspecified atom stereocenters. The quantitative estimate of drug-likeness (QED) is 0.740. The molecule has 0 spiro atoms. The van der Waals surface area contributed by atoms with Crippen LogP contribution in [0.1, 0.15) is 25.8 Å². The average molecular weight is 251 g/mol. The van der Waals surface area contributed by atoms with Gasteiger partial charge in [-0.2, -0.15) is 0 Å². The molecule has 1 rings (SSSR count). The number of hydrogen-bond acceptors (Lipinski definition) is 5. The van der Waals surface area contributed by atoms with Gasteiger partial charge in [0.1, 0.15) is 18.0 Å². The molecule has 0 fully saturated rings. The van der Waals surface area contributed by atoms with Crippen molar-refractivity contribution in [2.45, 2.75) is 27.2 Å². The fraction of sp³-hybridized carbons (Fsp3) is 0.692. The molecule has 0 atom stereocenters. The SMILES string of the molecule is CCCNc1ncnc(NCCN(C)CC)c1C. The molecule has 5 nitrogen and oxygen atoms in total. The van der Waals surface area contributed by atoms with Crippen LogP contribution in [0.3, 0.4) is 0 Å². The Kier molecular flexibility index (Phi) is 6.43. The molecule has 0 amide bonds. The zero-order valence-corrected chi connectivity index (χ0v) is 12.0. The third kappa shape index (κ3) is 4.49. The van der Waals surface area contributed by atoms with E-state index >= 15 is 0 Å². The zero-order valence-electron chi connectivity index (χ0n) is 12.0. The van der Waals surface area contributed by atoms with Gasteiger partial charge in [-0.1, -0.05) is 13.8 Å². The van der Waals surface area contributed by atoms with Gasteiger partial charge in [-0.05, 0) is 26.9 Å². The first kappa shape index (κ1) is 14.7. The van der Waals surface area contributed by atoms with E-state index in [1.165, 1.54) is 0 Å². The Bertz CT molecular complexity index is 353. The molecule has 5 heteroatoms. The lowest BCUT2D eigenvalue weighted by molar-refractivity contribution is 0.367. The summed E-state index contributed by atoms with van der Waals surface area (Å²) in [5.41, 5.74) is 1.09. The fourth-order valence-electron chi connectivity index (χ4n) is 1.57. The van der Waals surface area contributed by atoms with Crippen molar-refractivity contribution in [3.8, 4) is 0 Å². The molecule has 0 aliphatic rings. The van der Waals surface area contributed by atoms with Crippen molar-refractivity contribution in [3.05, 3.63) is 11.9 Å². The smallest absolute Gasteiger partial charge is 0.134 e. The van der Waals surface area contributed by atoms with Gasteiger partial charge in [0, 0.05) is 25.2 Å². The van der Waals surface area contributed by atoms with E-state index in [2.05, 4.69) is 46.4 Å². The minimum Gasteiger partial charge on any atom is -0.370 e. The van der Waals surface area contributed by atoms with Crippen LogP contribution in [0.2, 0.25) is 0 Å². The molecule has 1 heterocycles. The van der Waals surface area contributed by atoms with Crippen molar-refractivity contribution in [1.82, 2.24) is 14.9 Å². The standard InChI is InChI=1S/C13H25N5/c1-5-7-14-12-11(3)13(17-10-16-12)15-8-9-18(4)6-2/h10H,5-9H2,1-4H3,(H2,14,15,16,17). The van der Waals surface area contributed by atoms with Gasteiger partial charge in [-0.15, -0.1) is 0 Å². The summed E-state index contributed by atoms with van der Waals surface area (Å²) in [6.07, 6.45) is 2.70. The van der Waals surface area contributed by atoms with Crippen LogP contribution >= 0.6 is 0 Å². The van der Waals surface area contributed by atoms with Gasteiger partial charge >= 0.3 is 0 Å². The van der Waals surface area contributed by atoms with E-state index in [0.717, 1.165) is 49.8 Å². The van der Waals surface area contributed by atoms with Crippen molar-refractivity contribution in [3.63, 3.8) is 0 Å². The maximum atomic E-state index is 4.29. The van der Waals surface area contributed by atoms with Crippen LogP contribution in [0.25, 0.3) is 0 Å². The average Bonchev–Trinajstić information content (AvgIpc) is 2.39. The summed E-state index contributed by atoms with van der Waals surface area (Å²) in [5.74, 6) is 1.85. The van der Waals surface area contributed by atoms with Crippen molar-refractivity contribution in [2.24, 2.45) is 0 Å². The van der Waals surface area contributed by atoms with Crippen molar-refractivity contribution < 1.29 is 0 Å². The molecule has 0 saturated heterocycles. The molecule has 102 valence electrons. The first-order chi connectivity index (χ1) is 8.69. The van der Waals surface area contributed by atoms with Gasteiger partial charge in [-0.25, -0.2) is 9.97 Å². The minimum absolute atomic E-state index is 0.898. The number of hydrogen-bond donors (Lipinski definition) is 2. The topological polar surface area (TPSA) is 53.1 Å². The Balaban J connectivity index is 2.54. The first-order valence-electron chi connectivity index (χ1n) is 6.66. The van der Waals surface area contributed by atoms with Crippen molar-refractivity contribution in [1.29, 1.82) is 0 Å². The highest BCUT2D eigenvalue weighted by atomic mass is 15.1. The van der Waals surface area contributed by atoms with Crippen molar-refractivity contribution in [2.75, 3.05) is 43.9 Å². The molecule has 18 heavy (non-hydrogen) atoms. The first-order valence-corrected chi connectivity index (χ1v) is 6.66. The molecule has 0 aliphatic heterocycles. The summed E-state index contributed by atoms with van der Waals surface area (Å²) in [6, 6.07) is 0. The monoisotopic (exact) mass is 251 g/mol. The normalized spacial score (nSPS) is 10.7. The molecule has 0 aliphatic carbocycles. The lowest BCUT2D eigenvalue weighted by atomic mass is 10.3. The van der Waals surface area contributed by atoms with Crippen LogP contribution in [0.4, 0.5) is 11.6 Å². The largest absolute Gasteiger partial charge is 0.370 e. The van der Waals surface area contributed by atoms with E-state index in [1.54, 1.807) is 6.33 Å². The molecule has 2 N–H and O–H groups in total. The third-order valence-corrected chi connectivity index (χ3v) is 2.95. The number of anilines is 2. The molecule has 0 radical (unpaired) electrons. The highest BCUT2D eigenvalue weighted by Gasteiger charge is 2.05. The maximum absolute atomic E-state index is 4.29. The molecule has 1 aromatic heterocycles. The summed E-state index contributed by atoms with van der Waals surface area (Å²) in [4.78, 5) is 10.8. The Hall–Kier alpha value is -1.36. The molecular weight excluding hydrogens is 226 g/mol. The van der Waals surface area contributed by atoms with Gasteiger partial charge < -0.3 is 15.5 Å². The predicted molar refractivity (Wildman–Crippen MR) is 77.2 cm³/mol. The zero-order chi connectivity index (χ0) is 13.4. The number of likely N-dealkylation sites (N-methyl/N-ethyl adjacent to an activating group) is 1. The van der Waals surface area contributed by atoms with Crippen LogP contribution in [0.5, 0.6) is 0 Å². The van der Waals surface area contributed by atoms with Crippen LogP contribution < -0.4 is 10.6 Å². The lowest BCUT2D eigenvalue weighted by Gasteiger charge is -2.16. The summed E-state index contributed by atoms with van der Waals surface area (Å²) < 4.78 is 0. The van der Waals surface area contributed by atoms with E-state index in [4.69, 9.17) is 0 Å². The highest BCUT2D eigenvalue weighted by molar-refractivity contribution is 5.56. The summed E-state index contributed by atoms with van der Waals surface area (Å²) in [7, 11) is 2.11. The molecule has 0 aromatic carbocycles. The predicted octanol–water partition coefficient (Wildman–Crippen LogP) is 1.97. The third-order valence-electron chi connectivity index (χ3n) is 2.95. The summed E-state index contributed by atoms with van der Waals surface area (Å²) in [5, 5.41) is 6.67. The second kappa shape index (κ2) is 7.87. The van der Waals surface area contributed by atoms with Gasteiger partial charge in [0.2, 0.25) is 0 Å². The van der Waals surface area contributed by atoms with E-state index in [0.29, 0.717) is 0 Å². The second-order valence-corrected chi connectivity index (χ2v) is 4.45. The van der Waals surface area contributed by atoms with Crippen LogP contribution in [0.15, 0.2) is 6.33 Å². The molecule has 1 aromatic rings. The van der Waals surface area contributed by atoms with E-state index < -0.39 is 0 Å². The van der Waals surface area contributed by atoms with E-state index in [1.807, 2.05) is 6.92 Å². The van der Waals surface area contributed by atoms with Gasteiger partial charge in [0.15, 0.2) is 0 Å². The highest BCUT2D eigenvalue weighted by Crippen LogP contribution is 2.17. The second-order valence-electron chi connectivity index (χ2n) is 4.45. The number of nitrogens with one attached hydrogen (secondary N) is 2. The molecule has 0 bridgehead atoms. The van der Waals surface area contributed by atoms with Crippen LogP contribution in [-0.2, 0) is 0 Å². The number of rotatable bonds is 8. The Morgan fingerprint density at radius 1 is 1.11 bits per heavy atom. The number of aromatic nitrogens is 2. The lowest BCUT2D eigenvalue weighted by Crippen LogP contribution is -2.25. The minimum atomic E-state index is 0.898. The maximum Gasteiger partial charge on any atom is 0.134 e. The molecular formula is C13H25N5. The molecule has 0 saturated carbocycles.